The maximum Gasteiger partial charge on any atom is 0.139 e. The van der Waals surface area contributed by atoms with Gasteiger partial charge >= 0.3 is 0 Å². The fraction of sp³-hybridized carbons (Fsp3) is 0.643. The zero-order valence-corrected chi connectivity index (χ0v) is 12.6. The second-order valence-electron chi connectivity index (χ2n) is 4.66. The van der Waals surface area contributed by atoms with E-state index in [1.807, 2.05) is 6.20 Å². The Morgan fingerprint density at radius 1 is 1.37 bits per heavy atom. The summed E-state index contributed by atoms with van der Waals surface area (Å²) in [5.74, 6) is 0.869. The smallest absolute Gasteiger partial charge is 0.139 e. The maximum absolute atomic E-state index is 5.82. The molecule has 108 valence electrons. The molecule has 0 amide bonds. The van der Waals surface area contributed by atoms with Crippen molar-refractivity contribution in [1.82, 2.24) is 10.3 Å². The Morgan fingerprint density at radius 2 is 2.16 bits per heavy atom. The van der Waals surface area contributed by atoms with Crippen LogP contribution in [0.1, 0.15) is 26.7 Å². The highest BCUT2D eigenvalue weighted by molar-refractivity contribution is 5.85. The lowest BCUT2D eigenvalue weighted by Crippen LogP contribution is -2.28. The molecule has 2 heterocycles. The first-order valence-electron chi connectivity index (χ1n) is 6.89. The number of hydrogen-bond acceptors (Lipinski definition) is 4. The van der Waals surface area contributed by atoms with Crippen LogP contribution in [-0.4, -0.2) is 37.3 Å². The Morgan fingerprint density at radius 3 is 2.79 bits per heavy atom. The Balaban J connectivity index is 0.00000180. The molecular weight excluding hydrogens is 262 g/mol. The van der Waals surface area contributed by atoms with E-state index >= 15 is 0 Å². The summed E-state index contributed by atoms with van der Waals surface area (Å²) in [5.41, 5.74) is 1.14. The molecule has 0 spiro atoms. The summed E-state index contributed by atoms with van der Waals surface area (Å²) in [4.78, 5) is 6.53. The number of nitrogens with one attached hydrogen (secondary N) is 1. The fourth-order valence-corrected chi connectivity index (χ4v) is 2.34. The van der Waals surface area contributed by atoms with Crippen LogP contribution in [0.25, 0.3) is 0 Å². The minimum absolute atomic E-state index is 0. The van der Waals surface area contributed by atoms with Crippen LogP contribution in [0.4, 0.5) is 5.69 Å². The molecule has 2 rings (SSSR count). The molecule has 1 aliphatic heterocycles. The molecule has 1 saturated heterocycles. The molecule has 0 saturated carbocycles. The second-order valence-corrected chi connectivity index (χ2v) is 4.66. The highest BCUT2D eigenvalue weighted by Crippen LogP contribution is 2.19. The van der Waals surface area contributed by atoms with Crippen molar-refractivity contribution in [2.75, 3.05) is 31.1 Å². The van der Waals surface area contributed by atoms with Crippen molar-refractivity contribution in [2.24, 2.45) is 0 Å². The topological polar surface area (TPSA) is 37.4 Å². The Kier molecular flexibility index (Phi) is 6.95. The van der Waals surface area contributed by atoms with Crippen molar-refractivity contribution >= 4 is 18.1 Å². The number of hydrogen-bond donors (Lipinski definition) is 1. The van der Waals surface area contributed by atoms with Crippen molar-refractivity contribution in [2.45, 2.75) is 32.7 Å². The van der Waals surface area contributed by atoms with E-state index in [-0.39, 0.29) is 12.4 Å². The molecule has 1 atom stereocenters. The van der Waals surface area contributed by atoms with Crippen LogP contribution >= 0.6 is 12.4 Å². The number of ether oxygens (including phenoxy) is 1. The molecule has 0 bridgehead atoms. The van der Waals surface area contributed by atoms with Crippen molar-refractivity contribution in [3.8, 4) is 5.75 Å². The van der Waals surface area contributed by atoms with Crippen LogP contribution in [0, 0.1) is 0 Å². The van der Waals surface area contributed by atoms with E-state index in [1.54, 1.807) is 6.20 Å². The van der Waals surface area contributed by atoms with E-state index in [0.29, 0.717) is 6.04 Å². The van der Waals surface area contributed by atoms with E-state index in [9.17, 15) is 0 Å². The SMILES string of the molecule is CCN(CC)c1cncc(OC[C@@H]2CCCN2)c1.Cl. The van der Waals surface area contributed by atoms with E-state index < -0.39 is 0 Å². The molecule has 19 heavy (non-hydrogen) atoms. The quantitative estimate of drug-likeness (QED) is 0.871. The normalized spacial score (nSPS) is 17.9. The highest BCUT2D eigenvalue weighted by atomic mass is 35.5. The van der Waals surface area contributed by atoms with Crippen molar-refractivity contribution < 1.29 is 4.74 Å². The van der Waals surface area contributed by atoms with Crippen LogP contribution in [0.15, 0.2) is 18.5 Å². The molecule has 1 aliphatic rings. The first-order chi connectivity index (χ1) is 8.83. The lowest BCUT2D eigenvalue weighted by atomic mass is 10.2. The minimum Gasteiger partial charge on any atom is -0.490 e. The van der Waals surface area contributed by atoms with Gasteiger partial charge in [-0.1, -0.05) is 0 Å². The van der Waals surface area contributed by atoms with Gasteiger partial charge in [-0.25, -0.2) is 0 Å². The number of anilines is 1. The standard InChI is InChI=1S/C14H23N3O.ClH/c1-3-17(4-2)13-8-14(10-15-9-13)18-11-12-6-5-7-16-12;/h8-10,12,16H,3-7,11H2,1-2H3;1H/t12-;/m0./s1. The molecule has 1 aromatic heterocycles. The predicted octanol–water partition coefficient (Wildman–Crippen LogP) is 2.48. The van der Waals surface area contributed by atoms with Gasteiger partial charge in [-0.15, -0.1) is 12.4 Å². The molecule has 4 nitrogen and oxygen atoms in total. The predicted molar refractivity (Wildman–Crippen MR) is 81.6 cm³/mol. The molecule has 1 N–H and O–H groups in total. The van der Waals surface area contributed by atoms with Gasteiger partial charge in [0.05, 0.1) is 18.1 Å². The average Bonchev–Trinajstić information content (AvgIpc) is 2.92. The first kappa shape index (κ1) is 16.1. The second kappa shape index (κ2) is 8.23. The van der Waals surface area contributed by atoms with Gasteiger partial charge in [0.1, 0.15) is 12.4 Å². The lowest BCUT2D eigenvalue weighted by molar-refractivity contribution is 0.276. The number of halogens is 1. The largest absolute Gasteiger partial charge is 0.490 e. The molecule has 0 aliphatic carbocycles. The van der Waals surface area contributed by atoms with Gasteiger partial charge in [-0.2, -0.15) is 0 Å². The molecule has 0 aromatic carbocycles. The van der Waals surface area contributed by atoms with Crippen LogP contribution < -0.4 is 15.0 Å². The van der Waals surface area contributed by atoms with Gasteiger partial charge < -0.3 is 15.0 Å². The summed E-state index contributed by atoms with van der Waals surface area (Å²) in [6, 6.07) is 2.58. The average molecular weight is 286 g/mol. The molecule has 5 heteroatoms. The van der Waals surface area contributed by atoms with Gasteiger partial charge in [-0.05, 0) is 33.2 Å². The van der Waals surface area contributed by atoms with Crippen LogP contribution in [-0.2, 0) is 0 Å². The Labute approximate surface area is 122 Å². The molecule has 1 aromatic rings. The Bertz CT molecular complexity index is 365. The summed E-state index contributed by atoms with van der Waals surface area (Å²) < 4.78 is 5.82. The van der Waals surface area contributed by atoms with Gasteiger partial charge in [-0.3, -0.25) is 4.98 Å². The van der Waals surface area contributed by atoms with Crippen molar-refractivity contribution in [3.05, 3.63) is 18.5 Å². The summed E-state index contributed by atoms with van der Waals surface area (Å²) in [5, 5.41) is 3.43. The maximum atomic E-state index is 5.82. The van der Waals surface area contributed by atoms with Gasteiger partial charge in [0.15, 0.2) is 0 Å². The van der Waals surface area contributed by atoms with Gasteiger partial charge in [0.25, 0.3) is 0 Å². The number of nitrogens with zero attached hydrogens (tertiary/aromatic N) is 2. The zero-order valence-electron chi connectivity index (χ0n) is 11.8. The molecular formula is C14H24ClN3O. The van der Waals surface area contributed by atoms with E-state index in [0.717, 1.165) is 37.7 Å². The molecule has 0 radical (unpaired) electrons. The summed E-state index contributed by atoms with van der Waals surface area (Å²) in [6.45, 7) is 8.14. The van der Waals surface area contributed by atoms with Crippen LogP contribution in [0.3, 0.4) is 0 Å². The molecule has 1 fully saturated rings. The van der Waals surface area contributed by atoms with Gasteiger partial charge in [0, 0.05) is 25.2 Å². The van der Waals surface area contributed by atoms with E-state index in [1.165, 1.54) is 12.8 Å². The summed E-state index contributed by atoms with van der Waals surface area (Å²) in [6.07, 6.45) is 6.16. The number of aromatic nitrogens is 1. The third-order valence-corrected chi connectivity index (χ3v) is 3.44. The van der Waals surface area contributed by atoms with E-state index in [2.05, 4.69) is 35.1 Å². The lowest BCUT2D eigenvalue weighted by Gasteiger charge is -2.21. The minimum atomic E-state index is 0. The first-order valence-corrected chi connectivity index (χ1v) is 6.89. The van der Waals surface area contributed by atoms with Crippen molar-refractivity contribution in [1.29, 1.82) is 0 Å². The summed E-state index contributed by atoms with van der Waals surface area (Å²) in [7, 11) is 0. The fourth-order valence-electron chi connectivity index (χ4n) is 2.34. The number of rotatable bonds is 6. The number of pyridine rings is 1. The third kappa shape index (κ3) is 4.55. The third-order valence-electron chi connectivity index (χ3n) is 3.44. The van der Waals surface area contributed by atoms with Gasteiger partial charge in [0.2, 0.25) is 0 Å². The highest BCUT2D eigenvalue weighted by Gasteiger charge is 2.14. The monoisotopic (exact) mass is 285 g/mol. The van der Waals surface area contributed by atoms with Crippen LogP contribution in [0.5, 0.6) is 5.75 Å². The molecule has 0 unspecified atom stereocenters. The summed E-state index contributed by atoms with van der Waals surface area (Å²) >= 11 is 0. The van der Waals surface area contributed by atoms with Crippen molar-refractivity contribution in [3.63, 3.8) is 0 Å². The Hall–Kier alpha value is -1.00. The zero-order chi connectivity index (χ0) is 12.8. The van der Waals surface area contributed by atoms with Crippen LogP contribution in [0.2, 0.25) is 0 Å². The van der Waals surface area contributed by atoms with E-state index in [4.69, 9.17) is 4.74 Å².